The minimum Gasteiger partial charge on any atom is -0.319 e. The Morgan fingerprint density at radius 2 is 1.75 bits per heavy atom. The number of benzene rings is 1. The van der Waals surface area contributed by atoms with Crippen molar-refractivity contribution < 1.29 is 21.6 Å². The maximum absolute atomic E-state index is 12.5. The SMILES string of the molecule is CNCC1CCN(S(=O)(=O)c2ccc(SC(F)(F)F)cc2)CC1.Cl. The van der Waals surface area contributed by atoms with Gasteiger partial charge in [0.25, 0.3) is 0 Å². The van der Waals surface area contributed by atoms with Crippen LogP contribution in [0.3, 0.4) is 0 Å². The van der Waals surface area contributed by atoms with Crippen LogP contribution in [0.4, 0.5) is 13.2 Å². The molecule has 0 bridgehead atoms. The molecule has 138 valence electrons. The van der Waals surface area contributed by atoms with Gasteiger partial charge in [0.15, 0.2) is 0 Å². The van der Waals surface area contributed by atoms with Gasteiger partial charge in [0.1, 0.15) is 0 Å². The van der Waals surface area contributed by atoms with E-state index in [4.69, 9.17) is 0 Å². The zero-order chi connectivity index (χ0) is 17.1. The van der Waals surface area contributed by atoms with Crippen molar-refractivity contribution in [2.75, 3.05) is 26.7 Å². The van der Waals surface area contributed by atoms with E-state index in [-0.39, 0.29) is 34.0 Å². The Morgan fingerprint density at radius 1 is 1.21 bits per heavy atom. The zero-order valence-electron chi connectivity index (χ0n) is 13.0. The summed E-state index contributed by atoms with van der Waals surface area (Å²) >= 11 is -0.254. The van der Waals surface area contributed by atoms with Crippen molar-refractivity contribution in [3.05, 3.63) is 24.3 Å². The van der Waals surface area contributed by atoms with Crippen LogP contribution in [0.2, 0.25) is 0 Å². The summed E-state index contributed by atoms with van der Waals surface area (Å²) in [5.41, 5.74) is -4.38. The van der Waals surface area contributed by atoms with Crippen LogP contribution in [0.25, 0.3) is 0 Å². The lowest BCUT2D eigenvalue weighted by molar-refractivity contribution is -0.0328. The Labute approximate surface area is 150 Å². The van der Waals surface area contributed by atoms with Gasteiger partial charge in [-0.1, -0.05) is 0 Å². The molecular formula is C14H20ClF3N2O2S2. The minimum absolute atomic E-state index is 0. The molecule has 0 atom stereocenters. The average molecular weight is 405 g/mol. The first-order valence-corrected chi connectivity index (χ1v) is 9.48. The Balaban J connectivity index is 0.00000288. The number of hydrogen-bond donors (Lipinski definition) is 1. The molecule has 0 spiro atoms. The van der Waals surface area contributed by atoms with Gasteiger partial charge in [-0.05, 0) is 68.4 Å². The summed E-state index contributed by atoms with van der Waals surface area (Å²) in [7, 11) is -1.77. The van der Waals surface area contributed by atoms with Crippen LogP contribution in [-0.2, 0) is 10.0 Å². The Hall–Kier alpha value is -0.480. The van der Waals surface area contributed by atoms with Gasteiger partial charge >= 0.3 is 5.51 Å². The minimum atomic E-state index is -4.38. The summed E-state index contributed by atoms with van der Waals surface area (Å²) in [4.78, 5) is 0.0141. The number of piperidine rings is 1. The summed E-state index contributed by atoms with van der Waals surface area (Å²) in [6.45, 7) is 1.73. The van der Waals surface area contributed by atoms with Crippen molar-refractivity contribution in [3.63, 3.8) is 0 Å². The molecule has 0 unspecified atom stereocenters. The van der Waals surface area contributed by atoms with Gasteiger partial charge in [0.05, 0.1) is 4.90 Å². The van der Waals surface area contributed by atoms with E-state index in [1.165, 1.54) is 28.6 Å². The molecule has 0 saturated carbocycles. The topological polar surface area (TPSA) is 49.4 Å². The molecule has 1 aliphatic rings. The number of sulfonamides is 1. The molecule has 1 heterocycles. The number of thioether (sulfide) groups is 1. The number of halogens is 4. The zero-order valence-corrected chi connectivity index (χ0v) is 15.5. The highest BCUT2D eigenvalue weighted by atomic mass is 35.5. The fourth-order valence-corrected chi connectivity index (χ4v) is 4.61. The van der Waals surface area contributed by atoms with Crippen molar-refractivity contribution in [2.45, 2.75) is 28.1 Å². The Kier molecular flexibility index (Phi) is 7.86. The Bertz CT molecular complexity index is 616. The number of nitrogens with one attached hydrogen (secondary N) is 1. The van der Waals surface area contributed by atoms with Crippen molar-refractivity contribution in [2.24, 2.45) is 5.92 Å². The van der Waals surface area contributed by atoms with E-state index in [1.807, 2.05) is 7.05 Å². The second-order valence-corrected chi connectivity index (χ2v) is 8.50. The van der Waals surface area contributed by atoms with Crippen LogP contribution in [0.1, 0.15) is 12.8 Å². The van der Waals surface area contributed by atoms with E-state index in [2.05, 4.69) is 5.32 Å². The van der Waals surface area contributed by atoms with Gasteiger partial charge in [-0.3, -0.25) is 0 Å². The predicted octanol–water partition coefficient (Wildman–Crippen LogP) is 3.34. The first kappa shape index (κ1) is 21.6. The summed E-state index contributed by atoms with van der Waals surface area (Å²) in [5, 5.41) is 3.09. The lowest BCUT2D eigenvalue weighted by Crippen LogP contribution is -2.40. The van der Waals surface area contributed by atoms with Crippen LogP contribution in [0.15, 0.2) is 34.1 Å². The fraction of sp³-hybridized carbons (Fsp3) is 0.571. The summed E-state index contributed by atoms with van der Waals surface area (Å²) in [6.07, 6.45) is 1.56. The Morgan fingerprint density at radius 3 is 2.21 bits per heavy atom. The molecule has 0 amide bonds. The van der Waals surface area contributed by atoms with Crippen LogP contribution >= 0.6 is 24.2 Å². The van der Waals surface area contributed by atoms with Crippen molar-refractivity contribution in [3.8, 4) is 0 Å². The average Bonchev–Trinajstić information content (AvgIpc) is 2.47. The van der Waals surface area contributed by atoms with Gasteiger partial charge in [0, 0.05) is 18.0 Å². The van der Waals surface area contributed by atoms with Gasteiger partial charge < -0.3 is 5.32 Å². The predicted molar refractivity (Wildman–Crippen MR) is 91.0 cm³/mol. The van der Waals surface area contributed by atoms with E-state index >= 15 is 0 Å². The molecule has 4 nitrogen and oxygen atoms in total. The molecule has 0 aliphatic carbocycles. The first-order chi connectivity index (χ1) is 10.7. The van der Waals surface area contributed by atoms with E-state index < -0.39 is 15.5 Å². The maximum Gasteiger partial charge on any atom is 0.446 e. The monoisotopic (exact) mass is 404 g/mol. The lowest BCUT2D eigenvalue weighted by atomic mass is 9.98. The van der Waals surface area contributed by atoms with Crippen molar-refractivity contribution >= 4 is 34.2 Å². The molecule has 2 rings (SSSR count). The standard InChI is InChI=1S/C14H19F3N2O2S2.ClH/c1-18-10-11-6-8-19(9-7-11)23(20,21)13-4-2-12(3-5-13)22-14(15,16)17;/h2-5,11,18H,6-10H2,1H3;1H. The van der Waals surface area contributed by atoms with Crippen molar-refractivity contribution in [1.82, 2.24) is 9.62 Å². The van der Waals surface area contributed by atoms with E-state index in [0.717, 1.165) is 19.4 Å². The molecule has 1 aromatic carbocycles. The second kappa shape index (κ2) is 8.75. The quantitative estimate of drug-likeness (QED) is 0.765. The molecule has 1 aromatic rings. The molecule has 10 heteroatoms. The first-order valence-electron chi connectivity index (χ1n) is 7.23. The number of nitrogens with zero attached hydrogens (tertiary/aromatic N) is 1. The highest BCUT2D eigenvalue weighted by molar-refractivity contribution is 8.00. The number of alkyl halides is 3. The van der Waals surface area contributed by atoms with Gasteiger partial charge in [-0.2, -0.15) is 17.5 Å². The van der Waals surface area contributed by atoms with Crippen LogP contribution in [0, 0.1) is 5.92 Å². The van der Waals surface area contributed by atoms with Gasteiger partial charge in [0.2, 0.25) is 10.0 Å². The van der Waals surface area contributed by atoms with Crippen LogP contribution in [-0.4, -0.2) is 44.9 Å². The molecular weight excluding hydrogens is 385 g/mol. The molecule has 0 radical (unpaired) electrons. The summed E-state index contributed by atoms with van der Waals surface area (Å²) < 4.78 is 63.4. The van der Waals surface area contributed by atoms with Crippen LogP contribution in [0.5, 0.6) is 0 Å². The van der Waals surface area contributed by atoms with Gasteiger partial charge in [-0.15, -0.1) is 12.4 Å². The summed E-state index contributed by atoms with van der Waals surface area (Å²) in [6, 6.07) is 4.86. The molecule has 24 heavy (non-hydrogen) atoms. The molecule has 1 N–H and O–H groups in total. The normalized spacial score (nSPS) is 17.5. The van der Waals surface area contributed by atoms with Crippen LogP contribution < -0.4 is 5.32 Å². The lowest BCUT2D eigenvalue weighted by Gasteiger charge is -2.31. The fourth-order valence-electron chi connectivity index (χ4n) is 2.60. The third-order valence-electron chi connectivity index (χ3n) is 3.76. The molecule has 1 fully saturated rings. The largest absolute Gasteiger partial charge is 0.446 e. The third-order valence-corrected chi connectivity index (χ3v) is 6.41. The maximum atomic E-state index is 12.5. The highest BCUT2D eigenvalue weighted by Gasteiger charge is 2.31. The van der Waals surface area contributed by atoms with Gasteiger partial charge in [-0.25, -0.2) is 8.42 Å². The van der Waals surface area contributed by atoms with E-state index in [0.29, 0.717) is 19.0 Å². The van der Waals surface area contributed by atoms with E-state index in [9.17, 15) is 21.6 Å². The number of rotatable bonds is 5. The third kappa shape index (κ3) is 5.80. The highest BCUT2D eigenvalue weighted by Crippen LogP contribution is 2.37. The molecule has 0 aromatic heterocycles. The smallest absolute Gasteiger partial charge is 0.319 e. The van der Waals surface area contributed by atoms with Crippen molar-refractivity contribution in [1.29, 1.82) is 0 Å². The van der Waals surface area contributed by atoms with E-state index in [1.54, 1.807) is 0 Å². The molecule has 1 aliphatic heterocycles. The number of hydrogen-bond acceptors (Lipinski definition) is 4. The second-order valence-electron chi connectivity index (χ2n) is 5.42. The summed E-state index contributed by atoms with van der Waals surface area (Å²) in [5.74, 6) is 0.456. The molecule has 1 saturated heterocycles.